The van der Waals surface area contributed by atoms with E-state index in [1.807, 2.05) is 31.1 Å². The summed E-state index contributed by atoms with van der Waals surface area (Å²) >= 11 is 0. The summed E-state index contributed by atoms with van der Waals surface area (Å²) in [5.41, 5.74) is 1.12. The molecule has 0 aromatic carbocycles. The van der Waals surface area contributed by atoms with E-state index in [0.29, 0.717) is 6.54 Å². The SMILES string of the molecule is CNCC1CN(Cc2ccncc2)C(=O)N1C. The van der Waals surface area contributed by atoms with Crippen LogP contribution in [0.2, 0.25) is 0 Å². The second-order valence-corrected chi connectivity index (χ2v) is 4.34. The molecule has 1 aliphatic heterocycles. The second-order valence-electron chi connectivity index (χ2n) is 4.34. The van der Waals surface area contributed by atoms with E-state index in [2.05, 4.69) is 10.3 Å². The summed E-state index contributed by atoms with van der Waals surface area (Å²) in [6.45, 7) is 2.26. The van der Waals surface area contributed by atoms with Crippen molar-refractivity contribution >= 4 is 6.03 Å². The van der Waals surface area contributed by atoms with Crippen molar-refractivity contribution in [3.05, 3.63) is 30.1 Å². The molecule has 5 heteroatoms. The summed E-state index contributed by atoms with van der Waals surface area (Å²) in [4.78, 5) is 19.7. The van der Waals surface area contributed by atoms with Crippen LogP contribution in [0.5, 0.6) is 0 Å². The number of likely N-dealkylation sites (N-methyl/N-ethyl adjacent to an activating group) is 2. The van der Waals surface area contributed by atoms with Crippen LogP contribution in [0.15, 0.2) is 24.5 Å². The number of hydrogen-bond donors (Lipinski definition) is 1. The van der Waals surface area contributed by atoms with Gasteiger partial charge in [-0.15, -0.1) is 0 Å². The van der Waals surface area contributed by atoms with Gasteiger partial charge in [0.05, 0.1) is 6.04 Å². The van der Waals surface area contributed by atoms with Gasteiger partial charge in [0.15, 0.2) is 0 Å². The maximum absolute atomic E-state index is 12.0. The van der Waals surface area contributed by atoms with Gasteiger partial charge in [-0.3, -0.25) is 4.98 Å². The molecule has 92 valence electrons. The summed E-state index contributed by atoms with van der Waals surface area (Å²) in [5, 5.41) is 3.11. The van der Waals surface area contributed by atoms with E-state index in [4.69, 9.17) is 0 Å². The predicted molar refractivity (Wildman–Crippen MR) is 65.5 cm³/mol. The summed E-state index contributed by atoms with van der Waals surface area (Å²) < 4.78 is 0. The fourth-order valence-corrected chi connectivity index (χ4v) is 2.11. The molecule has 0 spiro atoms. The normalized spacial score (nSPS) is 20.1. The molecule has 1 N–H and O–H groups in total. The van der Waals surface area contributed by atoms with Crippen LogP contribution in [-0.2, 0) is 6.54 Å². The Hall–Kier alpha value is -1.62. The quantitative estimate of drug-likeness (QED) is 0.827. The van der Waals surface area contributed by atoms with Crippen molar-refractivity contribution < 1.29 is 4.79 Å². The smallest absolute Gasteiger partial charge is 0.320 e. The van der Waals surface area contributed by atoms with Crippen molar-refractivity contribution in [2.75, 3.05) is 27.2 Å². The Kier molecular flexibility index (Phi) is 3.58. The van der Waals surface area contributed by atoms with Crippen molar-refractivity contribution in [2.45, 2.75) is 12.6 Å². The summed E-state index contributed by atoms with van der Waals surface area (Å²) in [5.74, 6) is 0. The highest BCUT2D eigenvalue weighted by atomic mass is 16.2. The number of rotatable bonds is 4. The van der Waals surface area contributed by atoms with Gasteiger partial charge in [-0.25, -0.2) is 4.79 Å². The molecule has 0 radical (unpaired) electrons. The first-order chi connectivity index (χ1) is 8.22. The van der Waals surface area contributed by atoms with Crippen LogP contribution in [0.25, 0.3) is 0 Å². The molecule has 17 heavy (non-hydrogen) atoms. The molecule has 1 atom stereocenters. The minimum absolute atomic E-state index is 0.0991. The molecule has 1 aromatic rings. The van der Waals surface area contributed by atoms with Crippen molar-refractivity contribution in [1.82, 2.24) is 20.1 Å². The number of urea groups is 1. The molecule has 1 unspecified atom stereocenters. The average Bonchev–Trinajstić information content (AvgIpc) is 2.60. The number of nitrogens with zero attached hydrogens (tertiary/aromatic N) is 3. The van der Waals surface area contributed by atoms with E-state index in [1.54, 1.807) is 17.3 Å². The Morgan fingerprint density at radius 2 is 2.18 bits per heavy atom. The van der Waals surface area contributed by atoms with Gasteiger partial charge in [-0.05, 0) is 24.7 Å². The van der Waals surface area contributed by atoms with Gasteiger partial charge < -0.3 is 15.1 Å². The van der Waals surface area contributed by atoms with Crippen LogP contribution < -0.4 is 5.32 Å². The Balaban J connectivity index is 2.01. The molecule has 2 amide bonds. The zero-order valence-corrected chi connectivity index (χ0v) is 10.3. The Morgan fingerprint density at radius 3 is 2.82 bits per heavy atom. The molecule has 1 aromatic heterocycles. The molecule has 1 aliphatic rings. The lowest BCUT2D eigenvalue weighted by Gasteiger charge is -2.16. The Morgan fingerprint density at radius 1 is 1.47 bits per heavy atom. The van der Waals surface area contributed by atoms with E-state index >= 15 is 0 Å². The number of hydrogen-bond acceptors (Lipinski definition) is 3. The van der Waals surface area contributed by atoms with Gasteiger partial charge in [-0.1, -0.05) is 0 Å². The molecular formula is C12H18N4O. The van der Waals surface area contributed by atoms with Gasteiger partial charge in [0, 0.05) is 39.1 Å². The average molecular weight is 234 g/mol. The van der Waals surface area contributed by atoms with Crippen molar-refractivity contribution in [3.8, 4) is 0 Å². The number of pyridine rings is 1. The van der Waals surface area contributed by atoms with Crippen molar-refractivity contribution in [1.29, 1.82) is 0 Å². The molecular weight excluding hydrogens is 216 g/mol. The Bertz CT molecular complexity index is 381. The minimum Gasteiger partial charge on any atom is -0.322 e. The number of amides is 2. The maximum Gasteiger partial charge on any atom is 0.320 e. The third-order valence-corrected chi connectivity index (χ3v) is 3.11. The molecule has 2 heterocycles. The molecule has 2 rings (SSSR count). The Labute approximate surface area is 101 Å². The van der Waals surface area contributed by atoms with Crippen LogP contribution in [-0.4, -0.2) is 54.0 Å². The first-order valence-corrected chi connectivity index (χ1v) is 5.77. The van der Waals surface area contributed by atoms with Gasteiger partial charge >= 0.3 is 6.03 Å². The summed E-state index contributed by atoms with van der Waals surface area (Å²) in [6.07, 6.45) is 3.51. The third-order valence-electron chi connectivity index (χ3n) is 3.11. The van der Waals surface area contributed by atoms with E-state index in [9.17, 15) is 4.79 Å². The van der Waals surface area contributed by atoms with Gasteiger partial charge in [0.1, 0.15) is 0 Å². The second kappa shape index (κ2) is 5.14. The van der Waals surface area contributed by atoms with Gasteiger partial charge in [0.2, 0.25) is 0 Å². The highest BCUT2D eigenvalue weighted by Crippen LogP contribution is 2.16. The summed E-state index contributed by atoms with van der Waals surface area (Å²) in [6, 6.07) is 4.24. The van der Waals surface area contributed by atoms with Crippen LogP contribution in [0.3, 0.4) is 0 Å². The molecule has 0 bridgehead atoms. The van der Waals surface area contributed by atoms with Crippen LogP contribution >= 0.6 is 0 Å². The van der Waals surface area contributed by atoms with Crippen LogP contribution in [0.4, 0.5) is 4.79 Å². The molecule has 1 saturated heterocycles. The number of carbonyl (C=O) groups excluding carboxylic acids is 1. The first-order valence-electron chi connectivity index (χ1n) is 5.77. The molecule has 0 saturated carbocycles. The maximum atomic E-state index is 12.0. The lowest BCUT2D eigenvalue weighted by atomic mass is 10.2. The standard InChI is InChI=1S/C12H18N4O/c1-13-7-11-9-16(12(17)15(11)2)8-10-3-5-14-6-4-10/h3-6,11,13H,7-9H2,1-2H3. The molecule has 1 fully saturated rings. The highest BCUT2D eigenvalue weighted by molar-refractivity contribution is 5.76. The fraction of sp³-hybridized carbons (Fsp3) is 0.500. The highest BCUT2D eigenvalue weighted by Gasteiger charge is 2.33. The predicted octanol–water partition coefficient (Wildman–Crippen LogP) is 0.537. The van der Waals surface area contributed by atoms with Crippen LogP contribution in [0.1, 0.15) is 5.56 Å². The molecule has 5 nitrogen and oxygen atoms in total. The number of aromatic nitrogens is 1. The van der Waals surface area contributed by atoms with E-state index < -0.39 is 0 Å². The lowest BCUT2D eigenvalue weighted by Crippen LogP contribution is -2.37. The van der Waals surface area contributed by atoms with Crippen molar-refractivity contribution in [2.24, 2.45) is 0 Å². The molecule has 0 aliphatic carbocycles. The largest absolute Gasteiger partial charge is 0.322 e. The van der Waals surface area contributed by atoms with E-state index in [0.717, 1.165) is 18.7 Å². The zero-order valence-electron chi connectivity index (χ0n) is 10.3. The van der Waals surface area contributed by atoms with Gasteiger partial charge in [-0.2, -0.15) is 0 Å². The lowest BCUT2D eigenvalue weighted by molar-refractivity contribution is 0.194. The van der Waals surface area contributed by atoms with Crippen molar-refractivity contribution in [3.63, 3.8) is 0 Å². The van der Waals surface area contributed by atoms with E-state index in [1.165, 1.54) is 0 Å². The van der Waals surface area contributed by atoms with Crippen LogP contribution in [0, 0.1) is 0 Å². The summed E-state index contributed by atoms with van der Waals surface area (Å²) in [7, 11) is 3.76. The first kappa shape index (κ1) is 11.9. The van der Waals surface area contributed by atoms with E-state index in [-0.39, 0.29) is 12.1 Å². The zero-order chi connectivity index (χ0) is 12.3. The monoisotopic (exact) mass is 234 g/mol. The van der Waals surface area contributed by atoms with Gasteiger partial charge in [0.25, 0.3) is 0 Å². The number of nitrogens with one attached hydrogen (secondary N) is 1. The minimum atomic E-state index is 0.0991. The third kappa shape index (κ3) is 2.55. The number of carbonyl (C=O) groups is 1. The topological polar surface area (TPSA) is 48.5 Å². The fourth-order valence-electron chi connectivity index (χ4n) is 2.11.